The van der Waals surface area contributed by atoms with Crippen molar-refractivity contribution in [1.82, 2.24) is 9.62 Å². The van der Waals surface area contributed by atoms with Crippen molar-refractivity contribution >= 4 is 10.0 Å². The monoisotopic (exact) mass is 298 g/mol. The lowest BCUT2D eigenvalue weighted by Crippen LogP contribution is -2.39. The van der Waals surface area contributed by atoms with Crippen molar-refractivity contribution in [2.45, 2.75) is 18.9 Å². The van der Waals surface area contributed by atoms with Gasteiger partial charge in [-0.3, -0.25) is 4.90 Å². The number of benzene rings is 1. The molecule has 0 aromatic heterocycles. The van der Waals surface area contributed by atoms with E-state index in [0.717, 1.165) is 25.9 Å². The van der Waals surface area contributed by atoms with Gasteiger partial charge in [0.25, 0.3) is 0 Å². The minimum absolute atomic E-state index is 0.0261. The van der Waals surface area contributed by atoms with Gasteiger partial charge in [-0.1, -0.05) is 24.3 Å². The number of nitrogens with zero attached hydrogens (tertiary/aromatic N) is 1. The average molecular weight is 298 g/mol. The molecule has 112 valence electrons. The zero-order valence-electron chi connectivity index (χ0n) is 11.7. The quantitative estimate of drug-likeness (QED) is 0.751. The minimum atomic E-state index is -3.11. The van der Waals surface area contributed by atoms with Gasteiger partial charge in [0.15, 0.2) is 0 Å². The summed E-state index contributed by atoms with van der Waals surface area (Å²) < 4.78 is 24.5. The molecule has 0 saturated carbocycles. The third kappa shape index (κ3) is 4.02. The Labute approximate surface area is 120 Å². The van der Waals surface area contributed by atoms with Crippen molar-refractivity contribution in [3.05, 3.63) is 35.4 Å². The predicted octanol–water partition coefficient (Wildman–Crippen LogP) is 0.517. The van der Waals surface area contributed by atoms with Gasteiger partial charge in [0.05, 0.1) is 18.9 Å². The number of aliphatic hydroxyl groups excluding tert-OH is 1. The summed E-state index contributed by atoms with van der Waals surface area (Å²) in [4.78, 5) is 2.23. The van der Waals surface area contributed by atoms with E-state index in [1.54, 1.807) is 0 Å². The second-order valence-corrected chi connectivity index (χ2v) is 7.04. The van der Waals surface area contributed by atoms with Crippen LogP contribution in [0.4, 0.5) is 0 Å². The summed E-state index contributed by atoms with van der Waals surface area (Å²) >= 11 is 0. The first-order valence-electron chi connectivity index (χ1n) is 6.88. The molecule has 0 aliphatic carbocycles. The molecule has 1 aromatic carbocycles. The van der Waals surface area contributed by atoms with Gasteiger partial charge >= 0.3 is 0 Å². The smallest absolute Gasteiger partial charge is 0.208 e. The Morgan fingerprint density at radius 2 is 2.15 bits per heavy atom. The van der Waals surface area contributed by atoms with E-state index in [0.29, 0.717) is 6.54 Å². The lowest BCUT2D eigenvalue weighted by molar-refractivity contribution is 0.113. The van der Waals surface area contributed by atoms with E-state index in [1.807, 2.05) is 12.1 Å². The fourth-order valence-electron chi connectivity index (χ4n) is 2.72. The Kier molecular flexibility index (Phi) is 5.15. The Bertz CT molecular complexity index is 545. The third-order valence-corrected chi connectivity index (χ3v) is 4.41. The number of sulfonamides is 1. The van der Waals surface area contributed by atoms with Crippen LogP contribution in [0.5, 0.6) is 0 Å². The summed E-state index contributed by atoms with van der Waals surface area (Å²) in [5.74, 6) is 0. The largest absolute Gasteiger partial charge is 0.394 e. The molecule has 1 aliphatic rings. The van der Waals surface area contributed by atoms with Gasteiger partial charge in [0.2, 0.25) is 10.0 Å². The molecule has 1 unspecified atom stereocenters. The maximum atomic E-state index is 11.0. The molecule has 2 N–H and O–H groups in total. The molecular formula is C14H22N2O3S. The molecule has 6 heteroatoms. The van der Waals surface area contributed by atoms with Crippen molar-refractivity contribution in [3.63, 3.8) is 0 Å². The van der Waals surface area contributed by atoms with E-state index in [9.17, 15) is 13.5 Å². The highest BCUT2D eigenvalue weighted by molar-refractivity contribution is 7.88. The Balaban J connectivity index is 1.93. The van der Waals surface area contributed by atoms with Crippen LogP contribution in [0.25, 0.3) is 0 Å². The molecule has 0 saturated heterocycles. The molecule has 0 amide bonds. The Hall–Kier alpha value is -0.950. The Morgan fingerprint density at radius 3 is 2.85 bits per heavy atom. The van der Waals surface area contributed by atoms with Crippen LogP contribution in [0.2, 0.25) is 0 Å². The van der Waals surface area contributed by atoms with Gasteiger partial charge in [-0.2, -0.15) is 0 Å². The van der Waals surface area contributed by atoms with Crippen LogP contribution < -0.4 is 4.72 Å². The van der Waals surface area contributed by atoms with Gasteiger partial charge in [-0.15, -0.1) is 0 Å². The zero-order valence-corrected chi connectivity index (χ0v) is 12.6. The Morgan fingerprint density at radius 1 is 1.40 bits per heavy atom. The highest BCUT2D eigenvalue weighted by Gasteiger charge is 2.25. The summed E-state index contributed by atoms with van der Waals surface area (Å²) in [6.07, 6.45) is 2.89. The van der Waals surface area contributed by atoms with Gasteiger partial charge in [-0.25, -0.2) is 13.1 Å². The summed E-state index contributed by atoms with van der Waals surface area (Å²) in [5.41, 5.74) is 2.49. The highest BCUT2D eigenvalue weighted by atomic mass is 32.2. The van der Waals surface area contributed by atoms with E-state index in [2.05, 4.69) is 21.8 Å². The van der Waals surface area contributed by atoms with E-state index in [1.165, 1.54) is 17.4 Å². The molecule has 0 spiro atoms. The minimum Gasteiger partial charge on any atom is -0.394 e. The fraction of sp³-hybridized carbons (Fsp3) is 0.571. The number of fused-ring (bicyclic) bond motifs is 1. The van der Waals surface area contributed by atoms with Crippen molar-refractivity contribution in [3.8, 4) is 0 Å². The topological polar surface area (TPSA) is 69.6 Å². The highest BCUT2D eigenvalue weighted by Crippen LogP contribution is 2.29. The third-order valence-electron chi connectivity index (χ3n) is 3.68. The number of hydrogen-bond donors (Lipinski definition) is 2. The normalized spacial score (nSPS) is 19.8. The van der Waals surface area contributed by atoms with Gasteiger partial charge in [0, 0.05) is 19.6 Å². The lowest BCUT2D eigenvalue weighted by Gasteiger charge is -2.36. The number of nitrogens with one attached hydrogen (secondary N) is 1. The molecule has 0 radical (unpaired) electrons. The van der Waals surface area contributed by atoms with Gasteiger partial charge < -0.3 is 5.11 Å². The van der Waals surface area contributed by atoms with Crippen LogP contribution >= 0.6 is 0 Å². The van der Waals surface area contributed by atoms with E-state index < -0.39 is 10.0 Å². The van der Waals surface area contributed by atoms with Crippen LogP contribution in [0.1, 0.15) is 23.6 Å². The van der Waals surface area contributed by atoms with E-state index in [-0.39, 0.29) is 12.6 Å². The molecular weight excluding hydrogens is 276 g/mol. The predicted molar refractivity (Wildman–Crippen MR) is 79.0 cm³/mol. The molecule has 1 aliphatic heterocycles. The summed E-state index contributed by atoms with van der Waals surface area (Å²) in [6, 6.07) is 8.23. The molecule has 20 heavy (non-hydrogen) atoms. The van der Waals surface area contributed by atoms with Crippen LogP contribution in [-0.2, 0) is 16.4 Å². The second-order valence-electron chi connectivity index (χ2n) is 5.20. The average Bonchev–Trinajstić information content (AvgIpc) is 2.42. The lowest BCUT2D eigenvalue weighted by atomic mass is 9.93. The van der Waals surface area contributed by atoms with Crippen molar-refractivity contribution in [2.75, 3.05) is 32.5 Å². The van der Waals surface area contributed by atoms with Crippen LogP contribution in [-0.4, -0.2) is 50.9 Å². The summed E-state index contributed by atoms with van der Waals surface area (Å²) in [7, 11) is -3.11. The number of rotatable bonds is 6. The van der Waals surface area contributed by atoms with Gasteiger partial charge in [0.1, 0.15) is 0 Å². The summed E-state index contributed by atoms with van der Waals surface area (Å²) in [6.45, 7) is 2.22. The van der Waals surface area contributed by atoms with Gasteiger partial charge in [-0.05, 0) is 24.0 Å². The van der Waals surface area contributed by atoms with Crippen molar-refractivity contribution < 1.29 is 13.5 Å². The van der Waals surface area contributed by atoms with Crippen LogP contribution in [0.15, 0.2) is 24.3 Å². The molecule has 1 aromatic rings. The second kappa shape index (κ2) is 6.67. The maximum absolute atomic E-state index is 11.0. The fourth-order valence-corrected chi connectivity index (χ4v) is 3.24. The SMILES string of the molecule is CS(=O)(=O)NCCCN1CCc2ccccc2C1CO. The summed E-state index contributed by atoms with van der Waals surface area (Å²) in [5, 5.41) is 9.64. The number of aliphatic hydroxyl groups is 1. The van der Waals surface area contributed by atoms with E-state index in [4.69, 9.17) is 0 Å². The van der Waals surface area contributed by atoms with Crippen LogP contribution in [0, 0.1) is 0 Å². The zero-order chi connectivity index (χ0) is 14.6. The molecule has 2 rings (SSSR count). The van der Waals surface area contributed by atoms with Crippen molar-refractivity contribution in [2.24, 2.45) is 0 Å². The van der Waals surface area contributed by atoms with Crippen LogP contribution in [0.3, 0.4) is 0 Å². The standard InChI is InChI=1S/C14H22N2O3S/c1-20(18,19)15-8-4-9-16-10-7-12-5-2-3-6-13(12)14(16)11-17/h2-3,5-6,14-15,17H,4,7-11H2,1H3. The molecule has 5 nitrogen and oxygen atoms in total. The molecule has 1 heterocycles. The first-order chi connectivity index (χ1) is 9.51. The first kappa shape index (κ1) is 15.4. The van der Waals surface area contributed by atoms with Crippen molar-refractivity contribution in [1.29, 1.82) is 0 Å². The van der Waals surface area contributed by atoms with E-state index >= 15 is 0 Å². The maximum Gasteiger partial charge on any atom is 0.208 e. The number of hydrogen-bond acceptors (Lipinski definition) is 4. The first-order valence-corrected chi connectivity index (χ1v) is 8.78. The molecule has 0 fully saturated rings. The molecule has 1 atom stereocenters. The molecule has 0 bridgehead atoms.